The first kappa shape index (κ1) is 20.2. The first-order chi connectivity index (χ1) is 9.49. The number of nitrogens with two attached hydrogens (primary N) is 1. The molecule has 1 amide bonds. The highest BCUT2D eigenvalue weighted by molar-refractivity contribution is 7.99. The van der Waals surface area contributed by atoms with Crippen LogP contribution in [0.5, 0.6) is 0 Å². The molecular formula is C15H24ClFN2OS. The maximum absolute atomic E-state index is 12.7. The zero-order valence-electron chi connectivity index (χ0n) is 12.5. The van der Waals surface area contributed by atoms with E-state index in [1.807, 2.05) is 13.8 Å². The van der Waals surface area contributed by atoms with Crippen molar-refractivity contribution in [3.63, 3.8) is 0 Å². The van der Waals surface area contributed by atoms with E-state index in [4.69, 9.17) is 5.73 Å². The highest BCUT2D eigenvalue weighted by atomic mass is 35.5. The molecule has 0 spiro atoms. The standard InChI is InChI=1S/C15H23FN2OS.ClH/c1-11(2)10-14(17)15(19)18-8-3-9-20-13-6-4-12(16)5-7-13;/h4-7,11,14H,3,8-10,17H2,1-2H3,(H,18,19);1H/t14-;/m0./s1. The van der Waals surface area contributed by atoms with Gasteiger partial charge in [0.15, 0.2) is 0 Å². The third-order valence-corrected chi connectivity index (χ3v) is 3.86. The largest absolute Gasteiger partial charge is 0.355 e. The van der Waals surface area contributed by atoms with Crippen molar-refractivity contribution in [1.82, 2.24) is 5.32 Å². The van der Waals surface area contributed by atoms with E-state index in [0.717, 1.165) is 17.1 Å². The van der Waals surface area contributed by atoms with Crippen LogP contribution in [-0.2, 0) is 4.79 Å². The van der Waals surface area contributed by atoms with Crippen molar-refractivity contribution < 1.29 is 9.18 Å². The lowest BCUT2D eigenvalue weighted by molar-refractivity contribution is -0.122. The molecular weight excluding hydrogens is 311 g/mol. The summed E-state index contributed by atoms with van der Waals surface area (Å²) in [5.41, 5.74) is 5.79. The monoisotopic (exact) mass is 334 g/mol. The molecule has 0 radical (unpaired) electrons. The quantitative estimate of drug-likeness (QED) is 0.567. The SMILES string of the molecule is CC(C)C[C@H](N)C(=O)NCCCSc1ccc(F)cc1.Cl. The molecule has 21 heavy (non-hydrogen) atoms. The van der Waals surface area contributed by atoms with E-state index >= 15 is 0 Å². The molecule has 0 unspecified atom stereocenters. The molecule has 0 fully saturated rings. The molecule has 0 aromatic heterocycles. The Bertz CT molecular complexity index is 415. The molecule has 0 bridgehead atoms. The summed E-state index contributed by atoms with van der Waals surface area (Å²) in [5.74, 6) is 1.00. The molecule has 0 saturated carbocycles. The van der Waals surface area contributed by atoms with E-state index in [1.54, 1.807) is 23.9 Å². The van der Waals surface area contributed by atoms with Gasteiger partial charge in [0.05, 0.1) is 6.04 Å². The smallest absolute Gasteiger partial charge is 0.236 e. The zero-order chi connectivity index (χ0) is 15.0. The molecule has 0 aliphatic heterocycles. The average Bonchev–Trinajstić information content (AvgIpc) is 2.39. The van der Waals surface area contributed by atoms with Gasteiger partial charge in [-0.1, -0.05) is 13.8 Å². The van der Waals surface area contributed by atoms with Gasteiger partial charge >= 0.3 is 0 Å². The predicted molar refractivity (Wildman–Crippen MR) is 89.4 cm³/mol. The molecule has 1 aromatic rings. The van der Waals surface area contributed by atoms with E-state index in [2.05, 4.69) is 5.32 Å². The predicted octanol–water partition coefficient (Wildman–Crippen LogP) is 3.22. The molecule has 120 valence electrons. The number of hydrogen-bond donors (Lipinski definition) is 2. The van der Waals surface area contributed by atoms with E-state index < -0.39 is 6.04 Å². The van der Waals surface area contributed by atoms with Crippen molar-refractivity contribution in [2.75, 3.05) is 12.3 Å². The molecule has 3 nitrogen and oxygen atoms in total. The van der Waals surface area contributed by atoms with Crippen molar-refractivity contribution in [2.45, 2.75) is 37.6 Å². The van der Waals surface area contributed by atoms with E-state index in [0.29, 0.717) is 18.9 Å². The minimum absolute atomic E-state index is 0. The Balaban J connectivity index is 0.00000400. The van der Waals surface area contributed by atoms with Crippen LogP contribution in [0.15, 0.2) is 29.2 Å². The Hall–Kier alpha value is -0.780. The van der Waals surface area contributed by atoms with Gasteiger partial charge in [-0.25, -0.2) is 4.39 Å². The summed E-state index contributed by atoms with van der Waals surface area (Å²) in [7, 11) is 0. The van der Waals surface area contributed by atoms with Crippen LogP contribution >= 0.6 is 24.2 Å². The summed E-state index contributed by atoms with van der Waals surface area (Å²) < 4.78 is 12.7. The number of amides is 1. The van der Waals surface area contributed by atoms with Gasteiger partial charge < -0.3 is 11.1 Å². The van der Waals surface area contributed by atoms with E-state index in [9.17, 15) is 9.18 Å². The van der Waals surface area contributed by atoms with Crippen molar-refractivity contribution in [3.05, 3.63) is 30.1 Å². The van der Waals surface area contributed by atoms with Gasteiger partial charge in [-0.05, 0) is 48.8 Å². The maximum Gasteiger partial charge on any atom is 0.236 e. The van der Waals surface area contributed by atoms with Gasteiger partial charge in [-0.2, -0.15) is 0 Å². The molecule has 6 heteroatoms. The second kappa shape index (κ2) is 10.9. The first-order valence-electron chi connectivity index (χ1n) is 6.90. The van der Waals surface area contributed by atoms with E-state index in [1.165, 1.54) is 12.1 Å². The van der Waals surface area contributed by atoms with Gasteiger partial charge in [0.1, 0.15) is 5.82 Å². The fourth-order valence-corrected chi connectivity index (χ4v) is 2.60. The number of hydrogen-bond acceptors (Lipinski definition) is 3. The van der Waals surface area contributed by atoms with Crippen LogP contribution in [0.3, 0.4) is 0 Å². The Morgan fingerprint density at radius 2 is 1.95 bits per heavy atom. The van der Waals surface area contributed by atoms with Crippen LogP contribution in [0.2, 0.25) is 0 Å². The maximum atomic E-state index is 12.7. The average molecular weight is 335 g/mol. The summed E-state index contributed by atoms with van der Waals surface area (Å²) in [4.78, 5) is 12.7. The topological polar surface area (TPSA) is 55.1 Å². The van der Waals surface area contributed by atoms with Crippen LogP contribution in [0, 0.1) is 11.7 Å². The number of halogens is 2. The van der Waals surface area contributed by atoms with Gasteiger partial charge in [0.2, 0.25) is 5.91 Å². The normalized spacial score (nSPS) is 11.9. The molecule has 0 heterocycles. The fraction of sp³-hybridized carbons (Fsp3) is 0.533. The molecule has 1 rings (SSSR count). The molecule has 0 aliphatic rings. The Labute approximate surface area is 136 Å². The molecule has 0 aliphatic carbocycles. The summed E-state index contributed by atoms with van der Waals surface area (Å²) >= 11 is 1.65. The minimum atomic E-state index is -0.417. The lowest BCUT2D eigenvalue weighted by atomic mass is 10.0. The van der Waals surface area contributed by atoms with Crippen molar-refractivity contribution in [3.8, 4) is 0 Å². The van der Waals surface area contributed by atoms with Crippen LogP contribution < -0.4 is 11.1 Å². The molecule has 1 aromatic carbocycles. The van der Waals surface area contributed by atoms with Crippen molar-refractivity contribution in [2.24, 2.45) is 11.7 Å². The van der Waals surface area contributed by atoms with Crippen molar-refractivity contribution in [1.29, 1.82) is 0 Å². The summed E-state index contributed by atoms with van der Waals surface area (Å²) in [6.07, 6.45) is 1.57. The zero-order valence-corrected chi connectivity index (χ0v) is 14.1. The van der Waals surface area contributed by atoms with Gasteiger partial charge in [-0.3, -0.25) is 4.79 Å². The molecule has 3 N–H and O–H groups in total. The number of rotatable bonds is 8. The third kappa shape index (κ3) is 8.96. The Morgan fingerprint density at radius 3 is 2.52 bits per heavy atom. The van der Waals surface area contributed by atoms with Crippen LogP contribution in [-0.4, -0.2) is 24.2 Å². The highest BCUT2D eigenvalue weighted by Gasteiger charge is 2.13. The summed E-state index contributed by atoms with van der Waals surface area (Å²) in [6.45, 7) is 4.72. The fourth-order valence-electron chi connectivity index (χ4n) is 1.75. The number of benzene rings is 1. The van der Waals surface area contributed by atoms with Gasteiger partial charge in [0.25, 0.3) is 0 Å². The Kier molecular flexibility index (Phi) is 10.5. The van der Waals surface area contributed by atoms with Crippen LogP contribution in [0.4, 0.5) is 4.39 Å². The summed E-state index contributed by atoms with van der Waals surface area (Å²) in [6, 6.07) is 6.01. The molecule has 1 atom stereocenters. The van der Waals surface area contributed by atoms with Crippen molar-refractivity contribution >= 4 is 30.1 Å². The lowest BCUT2D eigenvalue weighted by Gasteiger charge is -2.13. The summed E-state index contributed by atoms with van der Waals surface area (Å²) in [5, 5.41) is 2.85. The van der Waals surface area contributed by atoms with Gasteiger partial charge in [0, 0.05) is 11.4 Å². The number of nitrogens with one attached hydrogen (secondary N) is 1. The number of carbonyl (C=O) groups excluding carboxylic acids is 1. The van der Waals surface area contributed by atoms with Crippen LogP contribution in [0.1, 0.15) is 26.7 Å². The first-order valence-corrected chi connectivity index (χ1v) is 7.89. The number of carbonyl (C=O) groups is 1. The van der Waals surface area contributed by atoms with Gasteiger partial charge in [-0.15, -0.1) is 24.2 Å². The van der Waals surface area contributed by atoms with E-state index in [-0.39, 0.29) is 24.1 Å². The second-order valence-corrected chi connectivity index (χ2v) is 6.35. The molecule has 0 saturated heterocycles. The van der Waals surface area contributed by atoms with Crippen LogP contribution in [0.25, 0.3) is 0 Å². The lowest BCUT2D eigenvalue weighted by Crippen LogP contribution is -2.41. The second-order valence-electron chi connectivity index (χ2n) is 5.18. The minimum Gasteiger partial charge on any atom is -0.355 e. The number of thioether (sulfide) groups is 1. The third-order valence-electron chi connectivity index (χ3n) is 2.76. The Morgan fingerprint density at radius 1 is 1.33 bits per heavy atom. The highest BCUT2D eigenvalue weighted by Crippen LogP contribution is 2.18.